The summed E-state index contributed by atoms with van der Waals surface area (Å²) in [6, 6.07) is 15.0. The number of nitrogens with one attached hydrogen (secondary N) is 2. The van der Waals surface area contributed by atoms with Crippen LogP contribution in [0.5, 0.6) is 5.75 Å². The van der Waals surface area contributed by atoms with Gasteiger partial charge in [0.15, 0.2) is 0 Å². The van der Waals surface area contributed by atoms with Gasteiger partial charge in [-0.15, -0.1) is 0 Å². The first kappa shape index (κ1) is 26.5. The van der Waals surface area contributed by atoms with Crippen LogP contribution in [0.3, 0.4) is 0 Å². The molecule has 7 heteroatoms. The SMILES string of the molecule is Cc1ccc(O)cc1[C@]12CCN(CC3CC3)[C@H](C)[C@@H]1Cc1cc(C(=O)NC3c4ccccc4C[C@@H]3O)c(=O)[nH]c1C2. The van der Waals surface area contributed by atoms with Gasteiger partial charge in [0.05, 0.1) is 12.1 Å². The minimum atomic E-state index is -0.722. The zero-order valence-corrected chi connectivity index (χ0v) is 23.8. The summed E-state index contributed by atoms with van der Waals surface area (Å²) < 4.78 is 0. The van der Waals surface area contributed by atoms with Crippen molar-refractivity contribution in [2.45, 2.75) is 76.0 Å². The number of aliphatic hydroxyl groups is 1. The molecule has 41 heavy (non-hydrogen) atoms. The van der Waals surface area contributed by atoms with E-state index in [1.807, 2.05) is 36.4 Å². The molecule has 1 saturated heterocycles. The number of nitrogens with zero attached hydrogens (tertiary/aromatic N) is 1. The second-order valence-electron chi connectivity index (χ2n) is 13.0. The van der Waals surface area contributed by atoms with Crippen molar-refractivity contribution in [3.63, 3.8) is 0 Å². The third-order valence-corrected chi connectivity index (χ3v) is 10.5. The fourth-order valence-electron chi connectivity index (χ4n) is 8.14. The molecule has 2 heterocycles. The number of hydrogen-bond acceptors (Lipinski definition) is 5. The molecule has 0 bridgehead atoms. The zero-order chi connectivity index (χ0) is 28.5. The smallest absolute Gasteiger partial charge is 0.261 e. The number of carbonyl (C=O) groups excluding carboxylic acids is 1. The number of fused-ring (bicyclic) bond motifs is 3. The van der Waals surface area contributed by atoms with Gasteiger partial charge in [0.2, 0.25) is 0 Å². The van der Waals surface area contributed by atoms with Crippen molar-refractivity contribution in [2.24, 2.45) is 11.8 Å². The second-order valence-corrected chi connectivity index (χ2v) is 13.0. The molecule has 1 aliphatic heterocycles. The first-order chi connectivity index (χ1) is 19.7. The number of aryl methyl sites for hydroxylation is 1. The molecule has 3 aliphatic carbocycles. The Bertz CT molecular complexity index is 1580. The normalized spacial score (nSPS) is 29.0. The van der Waals surface area contributed by atoms with E-state index in [0.29, 0.717) is 18.9 Å². The zero-order valence-electron chi connectivity index (χ0n) is 23.8. The molecule has 0 radical (unpaired) electrons. The van der Waals surface area contributed by atoms with E-state index in [1.165, 1.54) is 18.4 Å². The van der Waals surface area contributed by atoms with Crippen molar-refractivity contribution in [3.05, 3.63) is 98.0 Å². The van der Waals surface area contributed by atoms with E-state index < -0.39 is 23.6 Å². The van der Waals surface area contributed by atoms with Crippen LogP contribution in [-0.4, -0.2) is 51.2 Å². The van der Waals surface area contributed by atoms with Crippen LogP contribution in [0.2, 0.25) is 0 Å². The maximum absolute atomic E-state index is 13.5. The minimum absolute atomic E-state index is 0.0969. The number of phenolic OH excluding ortho intramolecular Hbond substituents is 1. The Labute approximate surface area is 240 Å². The molecular formula is C34H39N3O4. The van der Waals surface area contributed by atoms with E-state index in [0.717, 1.165) is 59.8 Å². The summed E-state index contributed by atoms with van der Waals surface area (Å²) in [6.07, 6.45) is 4.76. The highest BCUT2D eigenvalue weighted by Gasteiger charge is 2.52. The summed E-state index contributed by atoms with van der Waals surface area (Å²) in [7, 11) is 0. The number of pyridine rings is 1. The Hall–Kier alpha value is -3.42. The van der Waals surface area contributed by atoms with Crippen LogP contribution in [-0.2, 0) is 24.7 Å². The van der Waals surface area contributed by atoms with Crippen molar-refractivity contribution in [3.8, 4) is 5.75 Å². The molecule has 2 aromatic carbocycles. The summed E-state index contributed by atoms with van der Waals surface area (Å²) in [5, 5.41) is 24.1. The number of aromatic amines is 1. The fraction of sp³-hybridized carbons (Fsp3) is 0.471. The quantitative estimate of drug-likeness (QED) is 0.383. The number of piperidine rings is 1. The number of aromatic hydroxyl groups is 1. The molecule has 7 nitrogen and oxygen atoms in total. The van der Waals surface area contributed by atoms with E-state index >= 15 is 0 Å². The first-order valence-electron chi connectivity index (χ1n) is 15.1. The van der Waals surface area contributed by atoms with Gasteiger partial charge >= 0.3 is 0 Å². The van der Waals surface area contributed by atoms with Gasteiger partial charge in [-0.05, 0) is 110 Å². The summed E-state index contributed by atoms with van der Waals surface area (Å²) in [6.45, 7) is 6.57. The highest BCUT2D eigenvalue weighted by Crippen LogP contribution is 2.51. The van der Waals surface area contributed by atoms with Crippen molar-refractivity contribution >= 4 is 5.91 Å². The van der Waals surface area contributed by atoms with E-state index in [1.54, 1.807) is 12.1 Å². The Balaban J connectivity index is 1.24. The van der Waals surface area contributed by atoms with Crippen LogP contribution in [0.4, 0.5) is 0 Å². The monoisotopic (exact) mass is 553 g/mol. The lowest BCUT2D eigenvalue weighted by Crippen LogP contribution is -2.59. The predicted octanol–water partition coefficient (Wildman–Crippen LogP) is 3.93. The second kappa shape index (κ2) is 9.85. The summed E-state index contributed by atoms with van der Waals surface area (Å²) in [5.41, 5.74) is 5.64. The largest absolute Gasteiger partial charge is 0.508 e. The molecule has 5 atom stereocenters. The predicted molar refractivity (Wildman–Crippen MR) is 157 cm³/mol. The topological polar surface area (TPSA) is 106 Å². The summed E-state index contributed by atoms with van der Waals surface area (Å²) >= 11 is 0. The average Bonchev–Trinajstić information content (AvgIpc) is 3.72. The molecule has 1 unspecified atom stereocenters. The number of carbonyl (C=O) groups is 1. The highest BCUT2D eigenvalue weighted by molar-refractivity contribution is 5.94. The number of rotatable bonds is 5. The van der Waals surface area contributed by atoms with Gasteiger partial charge < -0.3 is 25.4 Å². The Morgan fingerprint density at radius 1 is 1.12 bits per heavy atom. The van der Waals surface area contributed by atoms with Gasteiger partial charge in [-0.3, -0.25) is 9.59 Å². The molecule has 1 aromatic heterocycles. The van der Waals surface area contributed by atoms with Gasteiger partial charge in [-0.2, -0.15) is 0 Å². The third kappa shape index (κ3) is 4.50. The number of aliphatic hydroxyl groups excluding tert-OH is 1. The van der Waals surface area contributed by atoms with E-state index in [9.17, 15) is 19.8 Å². The molecule has 4 aliphatic rings. The number of aromatic nitrogens is 1. The number of likely N-dealkylation sites (tertiary alicyclic amines) is 1. The van der Waals surface area contributed by atoms with E-state index in [-0.39, 0.29) is 22.6 Å². The molecule has 1 amide bonds. The highest BCUT2D eigenvalue weighted by atomic mass is 16.3. The van der Waals surface area contributed by atoms with Crippen LogP contribution < -0.4 is 10.9 Å². The fourth-order valence-corrected chi connectivity index (χ4v) is 8.14. The number of benzene rings is 2. The van der Waals surface area contributed by atoms with Gasteiger partial charge in [0, 0.05) is 30.1 Å². The first-order valence-corrected chi connectivity index (χ1v) is 15.1. The van der Waals surface area contributed by atoms with Crippen LogP contribution in [0.25, 0.3) is 0 Å². The molecule has 0 spiro atoms. The third-order valence-electron chi connectivity index (χ3n) is 10.5. The van der Waals surface area contributed by atoms with E-state index in [4.69, 9.17) is 0 Å². The number of hydrogen-bond donors (Lipinski definition) is 4. The Kier molecular flexibility index (Phi) is 6.36. The van der Waals surface area contributed by atoms with Crippen LogP contribution in [0.1, 0.15) is 76.1 Å². The lowest BCUT2D eigenvalue weighted by molar-refractivity contribution is 0.0246. The molecule has 1 saturated carbocycles. The van der Waals surface area contributed by atoms with Crippen LogP contribution in [0, 0.1) is 18.8 Å². The molecular weight excluding hydrogens is 514 g/mol. The van der Waals surface area contributed by atoms with Gasteiger partial charge in [0.1, 0.15) is 11.3 Å². The Morgan fingerprint density at radius 2 is 1.93 bits per heavy atom. The van der Waals surface area contributed by atoms with E-state index in [2.05, 4.69) is 29.0 Å². The maximum atomic E-state index is 13.5. The molecule has 214 valence electrons. The van der Waals surface area contributed by atoms with Crippen LogP contribution >= 0.6 is 0 Å². The maximum Gasteiger partial charge on any atom is 0.261 e. The van der Waals surface area contributed by atoms with Gasteiger partial charge in [-0.1, -0.05) is 30.3 Å². The Morgan fingerprint density at radius 3 is 2.73 bits per heavy atom. The lowest BCUT2D eigenvalue weighted by atomic mass is 9.55. The summed E-state index contributed by atoms with van der Waals surface area (Å²) in [5.74, 6) is 0.885. The molecule has 2 fully saturated rings. The van der Waals surface area contributed by atoms with Crippen molar-refractivity contribution in [1.29, 1.82) is 0 Å². The van der Waals surface area contributed by atoms with Crippen molar-refractivity contribution < 1.29 is 15.0 Å². The average molecular weight is 554 g/mol. The van der Waals surface area contributed by atoms with Crippen molar-refractivity contribution in [2.75, 3.05) is 13.1 Å². The number of phenols is 1. The molecule has 4 N–H and O–H groups in total. The lowest BCUT2D eigenvalue weighted by Gasteiger charge is -2.55. The minimum Gasteiger partial charge on any atom is -0.508 e. The summed E-state index contributed by atoms with van der Waals surface area (Å²) in [4.78, 5) is 32.6. The van der Waals surface area contributed by atoms with Gasteiger partial charge in [0.25, 0.3) is 11.5 Å². The molecule has 3 aromatic rings. The number of H-pyrrole nitrogens is 1. The van der Waals surface area contributed by atoms with Crippen molar-refractivity contribution in [1.82, 2.24) is 15.2 Å². The molecule has 7 rings (SSSR count). The number of amides is 1. The van der Waals surface area contributed by atoms with Gasteiger partial charge in [-0.25, -0.2) is 0 Å². The van der Waals surface area contributed by atoms with Crippen LogP contribution in [0.15, 0.2) is 53.3 Å². The standard InChI is InChI=1S/C34H39N3O4/c1-19-7-10-24(38)16-27(19)34-11-12-37(18-21-8-9-21)20(2)28(34)14-23-13-26(32(40)35-29(23)17-34)33(41)36-31-25-6-4-3-5-22(25)15-30(31)39/h3-7,10,13,16,20-21,28,30-31,38-39H,8-9,11-12,14-15,17-18H2,1-2H3,(H,35,40)(H,36,41)/t20-,28+,30+,31?,34-/m1/s1.